The summed E-state index contributed by atoms with van der Waals surface area (Å²) in [6.45, 7) is 8.09. The minimum absolute atomic E-state index is 0.0677. The van der Waals surface area contributed by atoms with Crippen molar-refractivity contribution in [1.82, 2.24) is 0 Å². The lowest BCUT2D eigenvalue weighted by Crippen LogP contribution is -2.13. The smallest absolute Gasteiger partial charge is 0.244 e. The highest BCUT2D eigenvalue weighted by molar-refractivity contribution is 5.91. The highest BCUT2D eigenvalue weighted by atomic mass is 16.3. The third kappa shape index (κ3) is 10.4. The number of hydrogen-bond acceptors (Lipinski definition) is 3. The van der Waals surface area contributed by atoms with E-state index in [1.54, 1.807) is 6.92 Å². The minimum atomic E-state index is -0.543. The molecule has 5 N–H and O–H groups in total. The van der Waals surface area contributed by atoms with Crippen LogP contribution in [0.1, 0.15) is 13.3 Å². The Morgan fingerprint density at radius 3 is 1.64 bits per heavy atom. The van der Waals surface area contributed by atoms with Crippen LogP contribution < -0.4 is 11.5 Å². The Hall–Kier alpha value is -1.62. The van der Waals surface area contributed by atoms with E-state index in [9.17, 15) is 9.59 Å². The summed E-state index contributed by atoms with van der Waals surface area (Å²) in [6.07, 6.45) is 0.273. The van der Waals surface area contributed by atoms with E-state index in [-0.39, 0.29) is 18.6 Å². The van der Waals surface area contributed by atoms with Gasteiger partial charge in [-0.2, -0.15) is 0 Å². The van der Waals surface area contributed by atoms with Crippen molar-refractivity contribution in [2.75, 3.05) is 6.61 Å². The number of nitrogens with two attached hydrogens (primary N) is 2. The first-order valence-corrected chi connectivity index (χ1v) is 3.86. The van der Waals surface area contributed by atoms with Gasteiger partial charge in [-0.1, -0.05) is 13.2 Å². The molecule has 14 heavy (non-hydrogen) atoms. The van der Waals surface area contributed by atoms with Crippen LogP contribution in [0.2, 0.25) is 0 Å². The second kappa shape index (κ2) is 8.00. The normalized spacial score (nSPS) is 8.14. The molecular weight excluding hydrogens is 184 g/mol. The molecular formula is C9H16N2O3. The molecule has 0 aromatic carbocycles. The van der Waals surface area contributed by atoms with Crippen molar-refractivity contribution in [3.63, 3.8) is 0 Å². The van der Waals surface area contributed by atoms with Crippen molar-refractivity contribution in [2.24, 2.45) is 11.5 Å². The van der Waals surface area contributed by atoms with Crippen LogP contribution in [0.4, 0.5) is 0 Å². The molecule has 5 heteroatoms. The second-order valence-corrected chi connectivity index (χ2v) is 2.59. The van der Waals surface area contributed by atoms with Gasteiger partial charge in [0.25, 0.3) is 0 Å². The lowest BCUT2D eigenvalue weighted by molar-refractivity contribution is -0.115. The van der Waals surface area contributed by atoms with Gasteiger partial charge in [0.1, 0.15) is 0 Å². The Balaban J connectivity index is 0. The maximum Gasteiger partial charge on any atom is 0.244 e. The molecule has 0 heterocycles. The Labute approximate surface area is 83.1 Å². The molecule has 0 bridgehead atoms. The average Bonchev–Trinajstić information content (AvgIpc) is 2.05. The van der Waals surface area contributed by atoms with Crippen LogP contribution in [0.5, 0.6) is 0 Å². The first kappa shape index (κ1) is 14.9. The molecule has 0 saturated heterocycles. The van der Waals surface area contributed by atoms with Gasteiger partial charge in [-0.25, -0.2) is 0 Å². The molecule has 0 radical (unpaired) electrons. The lowest BCUT2D eigenvalue weighted by atomic mass is 10.2. The van der Waals surface area contributed by atoms with E-state index in [0.29, 0.717) is 5.57 Å². The van der Waals surface area contributed by atoms with Crippen molar-refractivity contribution in [1.29, 1.82) is 0 Å². The number of amides is 2. The van der Waals surface area contributed by atoms with Crippen LogP contribution >= 0.6 is 0 Å². The molecule has 2 amide bonds. The molecule has 0 atom stereocenters. The largest absolute Gasteiger partial charge is 0.396 e. The topological polar surface area (TPSA) is 106 Å². The summed E-state index contributed by atoms with van der Waals surface area (Å²) in [5.41, 5.74) is 10.1. The van der Waals surface area contributed by atoms with Gasteiger partial charge >= 0.3 is 0 Å². The van der Waals surface area contributed by atoms with Gasteiger partial charge in [0.2, 0.25) is 11.8 Å². The molecule has 0 fully saturated rings. The third-order valence-electron chi connectivity index (χ3n) is 1.18. The third-order valence-corrected chi connectivity index (χ3v) is 1.18. The Morgan fingerprint density at radius 1 is 1.21 bits per heavy atom. The zero-order valence-electron chi connectivity index (χ0n) is 8.25. The Bertz CT molecular complexity index is 234. The van der Waals surface area contributed by atoms with E-state index in [4.69, 9.17) is 16.6 Å². The van der Waals surface area contributed by atoms with Crippen molar-refractivity contribution in [2.45, 2.75) is 13.3 Å². The Kier molecular flexibility index (Phi) is 8.50. The SMILES string of the molecule is C=C(C)C(N)=O.C=C(CCO)C(N)=O. The van der Waals surface area contributed by atoms with Crippen molar-refractivity contribution >= 4 is 11.8 Å². The molecule has 0 saturated carbocycles. The van der Waals surface area contributed by atoms with Crippen molar-refractivity contribution in [3.05, 3.63) is 24.3 Å². The lowest BCUT2D eigenvalue weighted by Gasteiger charge is -1.93. The second-order valence-electron chi connectivity index (χ2n) is 2.59. The summed E-state index contributed by atoms with van der Waals surface area (Å²) in [4.78, 5) is 19.9. The number of rotatable bonds is 4. The van der Waals surface area contributed by atoms with Crippen LogP contribution in [0.25, 0.3) is 0 Å². The van der Waals surface area contributed by atoms with Crippen molar-refractivity contribution in [3.8, 4) is 0 Å². The molecule has 0 aliphatic rings. The van der Waals surface area contributed by atoms with Gasteiger partial charge < -0.3 is 16.6 Å². The van der Waals surface area contributed by atoms with Gasteiger partial charge in [0, 0.05) is 24.2 Å². The van der Waals surface area contributed by atoms with Crippen LogP contribution in [-0.4, -0.2) is 23.5 Å². The molecule has 0 unspecified atom stereocenters. The molecule has 0 aromatic rings. The quantitative estimate of drug-likeness (QED) is 0.530. The fourth-order valence-corrected chi connectivity index (χ4v) is 0.258. The maximum absolute atomic E-state index is 10.1. The van der Waals surface area contributed by atoms with E-state index in [1.165, 1.54) is 0 Å². The van der Waals surface area contributed by atoms with Gasteiger partial charge in [-0.15, -0.1) is 0 Å². The van der Waals surface area contributed by atoms with E-state index < -0.39 is 11.8 Å². The summed E-state index contributed by atoms with van der Waals surface area (Å²) in [6, 6.07) is 0. The van der Waals surface area contributed by atoms with Gasteiger partial charge in [-0.3, -0.25) is 9.59 Å². The fraction of sp³-hybridized carbons (Fsp3) is 0.333. The zero-order chi connectivity index (χ0) is 11.7. The predicted octanol–water partition coefficient (Wildman–Crippen LogP) is -0.542. The molecule has 5 nitrogen and oxygen atoms in total. The van der Waals surface area contributed by atoms with Gasteiger partial charge in [-0.05, 0) is 6.92 Å². The Morgan fingerprint density at radius 2 is 1.57 bits per heavy atom. The van der Waals surface area contributed by atoms with Gasteiger partial charge in [0.05, 0.1) is 0 Å². The predicted molar refractivity (Wildman–Crippen MR) is 54.0 cm³/mol. The maximum atomic E-state index is 10.1. The highest BCUT2D eigenvalue weighted by Crippen LogP contribution is 1.92. The first-order valence-electron chi connectivity index (χ1n) is 3.86. The number of carbonyl (C=O) groups is 2. The number of aliphatic hydroxyl groups excluding tert-OH is 1. The number of hydrogen-bond donors (Lipinski definition) is 3. The molecule has 0 aliphatic carbocycles. The van der Waals surface area contributed by atoms with Crippen LogP contribution in [0, 0.1) is 0 Å². The van der Waals surface area contributed by atoms with E-state index in [0.717, 1.165) is 0 Å². The summed E-state index contributed by atoms with van der Waals surface area (Å²) in [7, 11) is 0. The van der Waals surface area contributed by atoms with Gasteiger partial charge in [0.15, 0.2) is 0 Å². The summed E-state index contributed by atoms with van der Waals surface area (Å²) < 4.78 is 0. The zero-order valence-corrected chi connectivity index (χ0v) is 8.25. The van der Waals surface area contributed by atoms with Crippen molar-refractivity contribution < 1.29 is 14.7 Å². The molecule has 0 spiro atoms. The number of carbonyl (C=O) groups excluding carboxylic acids is 2. The number of primary amides is 2. The number of aliphatic hydroxyl groups is 1. The summed E-state index contributed by atoms with van der Waals surface area (Å²) in [5.74, 6) is -0.978. The fourth-order valence-electron chi connectivity index (χ4n) is 0.258. The monoisotopic (exact) mass is 200 g/mol. The highest BCUT2D eigenvalue weighted by Gasteiger charge is 1.97. The van der Waals surface area contributed by atoms with Crippen LogP contribution in [-0.2, 0) is 9.59 Å². The molecule has 80 valence electrons. The van der Waals surface area contributed by atoms with E-state index in [2.05, 4.69) is 13.2 Å². The van der Waals surface area contributed by atoms with E-state index in [1.807, 2.05) is 0 Å². The molecule has 0 rings (SSSR count). The summed E-state index contributed by atoms with van der Waals surface area (Å²) >= 11 is 0. The first-order chi connectivity index (χ1) is 6.32. The van der Waals surface area contributed by atoms with E-state index >= 15 is 0 Å². The average molecular weight is 200 g/mol. The molecule has 0 aromatic heterocycles. The van der Waals surface area contributed by atoms with Crippen LogP contribution in [0.15, 0.2) is 24.3 Å². The van der Waals surface area contributed by atoms with Crippen LogP contribution in [0.3, 0.4) is 0 Å². The minimum Gasteiger partial charge on any atom is -0.396 e. The summed E-state index contributed by atoms with van der Waals surface area (Å²) in [5, 5.41) is 8.22. The standard InChI is InChI=1S/C5H9NO2.C4H7NO/c1-4(2-3-7)5(6)8;1-3(2)4(5)6/h7H,1-3H2,(H2,6,8);1H2,2H3,(H2,5,6). The molecule has 0 aliphatic heterocycles.